The number of nitrogens with zero attached hydrogens (tertiary/aromatic N) is 2. The fourth-order valence-electron chi connectivity index (χ4n) is 3.58. The molecular formula is C21H24N2O. The second-order valence-electron chi connectivity index (χ2n) is 6.46. The van der Waals surface area contributed by atoms with Gasteiger partial charge in [0.25, 0.3) is 0 Å². The lowest BCUT2D eigenvalue weighted by atomic mass is 9.83. The van der Waals surface area contributed by atoms with E-state index in [1.807, 2.05) is 36.4 Å². The average molecular weight is 320 g/mol. The second-order valence-corrected chi connectivity index (χ2v) is 6.46. The van der Waals surface area contributed by atoms with E-state index in [-0.39, 0.29) is 0 Å². The largest absolute Gasteiger partial charge is 0.410 e. The van der Waals surface area contributed by atoms with Gasteiger partial charge < -0.3 is 10.1 Å². The number of fused-ring (bicyclic) bond motifs is 1. The van der Waals surface area contributed by atoms with E-state index in [2.05, 4.69) is 55.2 Å². The molecule has 0 aliphatic carbocycles. The lowest BCUT2D eigenvalue weighted by Gasteiger charge is -2.39. The minimum Gasteiger partial charge on any atom is -0.410 e. The smallest absolute Gasteiger partial charge is 0.119 e. The van der Waals surface area contributed by atoms with Crippen molar-refractivity contribution in [3.63, 3.8) is 0 Å². The molecule has 2 aromatic rings. The Balaban J connectivity index is 2.17. The Labute approximate surface area is 143 Å². The first-order valence-corrected chi connectivity index (χ1v) is 8.52. The first kappa shape index (κ1) is 16.3. The lowest BCUT2D eigenvalue weighted by molar-refractivity contribution is 0.229. The summed E-state index contributed by atoms with van der Waals surface area (Å²) >= 11 is 0. The van der Waals surface area contributed by atoms with Crippen LogP contribution >= 0.6 is 0 Å². The van der Waals surface area contributed by atoms with Gasteiger partial charge in [-0.2, -0.15) is 0 Å². The summed E-state index contributed by atoms with van der Waals surface area (Å²) in [5.41, 5.74) is 4.95. The zero-order chi connectivity index (χ0) is 17.1. The van der Waals surface area contributed by atoms with Gasteiger partial charge in [0.2, 0.25) is 0 Å². The van der Waals surface area contributed by atoms with Gasteiger partial charge in [-0.1, -0.05) is 73.6 Å². The Morgan fingerprint density at radius 2 is 1.75 bits per heavy atom. The SMILES string of the molecule is CCN1C=C(/C(=N/O)c2ccccc2)c2ccccc2C1C(C)C. The maximum atomic E-state index is 9.72. The second kappa shape index (κ2) is 6.91. The Bertz CT molecular complexity index is 762. The highest BCUT2D eigenvalue weighted by atomic mass is 16.4. The molecule has 1 unspecified atom stereocenters. The van der Waals surface area contributed by atoms with Crippen LogP contribution in [0.4, 0.5) is 0 Å². The zero-order valence-electron chi connectivity index (χ0n) is 14.5. The van der Waals surface area contributed by atoms with Crippen molar-refractivity contribution in [1.29, 1.82) is 0 Å². The van der Waals surface area contributed by atoms with Crippen LogP contribution in [-0.2, 0) is 0 Å². The minimum atomic E-state index is 0.339. The molecule has 3 rings (SSSR count). The van der Waals surface area contributed by atoms with E-state index in [1.54, 1.807) is 0 Å². The average Bonchev–Trinajstić information content (AvgIpc) is 2.62. The number of oxime groups is 1. The molecule has 1 heterocycles. The van der Waals surface area contributed by atoms with Crippen molar-refractivity contribution >= 4 is 11.3 Å². The van der Waals surface area contributed by atoms with Crippen LogP contribution in [0.1, 0.15) is 43.5 Å². The first-order valence-electron chi connectivity index (χ1n) is 8.52. The Kier molecular flexibility index (Phi) is 4.70. The third-order valence-electron chi connectivity index (χ3n) is 4.62. The van der Waals surface area contributed by atoms with E-state index < -0.39 is 0 Å². The third-order valence-corrected chi connectivity index (χ3v) is 4.62. The van der Waals surface area contributed by atoms with Crippen molar-refractivity contribution in [1.82, 2.24) is 4.90 Å². The molecule has 0 saturated carbocycles. The van der Waals surface area contributed by atoms with Gasteiger partial charge in [-0.05, 0) is 24.0 Å². The molecule has 2 aromatic carbocycles. The quantitative estimate of drug-likeness (QED) is 0.492. The van der Waals surface area contributed by atoms with Crippen molar-refractivity contribution in [2.75, 3.05) is 6.54 Å². The van der Waals surface area contributed by atoms with E-state index in [1.165, 1.54) is 5.56 Å². The zero-order valence-corrected chi connectivity index (χ0v) is 14.5. The molecule has 0 spiro atoms. The molecular weight excluding hydrogens is 296 g/mol. The minimum absolute atomic E-state index is 0.339. The summed E-state index contributed by atoms with van der Waals surface area (Å²) < 4.78 is 0. The molecule has 24 heavy (non-hydrogen) atoms. The maximum absolute atomic E-state index is 9.72. The fraction of sp³-hybridized carbons (Fsp3) is 0.286. The number of rotatable bonds is 4. The standard InChI is InChI=1S/C21H24N2O/c1-4-23-14-19(20(22-24)16-10-6-5-7-11-16)17-12-8-9-13-18(17)21(23)15(2)3/h5-15,21,24H,4H2,1-3H3/b22-20+. The molecule has 0 aromatic heterocycles. The lowest BCUT2D eigenvalue weighted by Crippen LogP contribution is -2.32. The van der Waals surface area contributed by atoms with Crippen LogP contribution in [0.5, 0.6) is 0 Å². The topological polar surface area (TPSA) is 35.8 Å². The summed E-state index contributed by atoms with van der Waals surface area (Å²) in [5, 5.41) is 13.4. The summed E-state index contributed by atoms with van der Waals surface area (Å²) in [4.78, 5) is 2.34. The van der Waals surface area contributed by atoms with Crippen LogP contribution in [-0.4, -0.2) is 22.4 Å². The van der Waals surface area contributed by atoms with Crippen LogP contribution in [0.15, 0.2) is 66.0 Å². The Morgan fingerprint density at radius 1 is 1.08 bits per heavy atom. The molecule has 124 valence electrons. The highest BCUT2D eigenvalue weighted by molar-refractivity contribution is 6.32. The predicted molar refractivity (Wildman–Crippen MR) is 99.1 cm³/mol. The van der Waals surface area contributed by atoms with Crippen LogP contribution in [0.2, 0.25) is 0 Å². The van der Waals surface area contributed by atoms with Gasteiger partial charge in [-0.25, -0.2) is 0 Å². The van der Waals surface area contributed by atoms with Crippen LogP contribution < -0.4 is 0 Å². The van der Waals surface area contributed by atoms with Gasteiger partial charge in [0, 0.05) is 23.9 Å². The van der Waals surface area contributed by atoms with Gasteiger partial charge >= 0.3 is 0 Å². The van der Waals surface area contributed by atoms with Gasteiger partial charge in [0.15, 0.2) is 0 Å². The van der Waals surface area contributed by atoms with Gasteiger partial charge in [0.05, 0.1) is 6.04 Å². The molecule has 0 saturated heterocycles. The van der Waals surface area contributed by atoms with Crippen molar-refractivity contribution < 1.29 is 5.21 Å². The summed E-state index contributed by atoms with van der Waals surface area (Å²) in [6.07, 6.45) is 2.15. The third kappa shape index (κ3) is 2.82. The first-order chi connectivity index (χ1) is 11.7. The van der Waals surface area contributed by atoms with E-state index in [4.69, 9.17) is 0 Å². The van der Waals surface area contributed by atoms with Crippen molar-refractivity contribution in [2.24, 2.45) is 11.1 Å². The number of hydrogen-bond donors (Lipinski definition) is 1. The highest BCUT2D eigenvalue weighted by Crippen LogP contribution is 2.39. The molecule has 0 amide bonds. The van der Waals surface area contributed by atoms with Crippen LogP contribution in [0, 0.1) is 5.92 Å². The number of hydrogen-bond acceptors (Lipinski definition) is 3. The van der Waals surface area contributed by atoms with Crippen molar-refractivity contribution in [2.45, 2.75) is 26.8 Å². The molecule has 3 nitrogen and oxygen atoms in total. The Hall–Kier alpha value is -2.55. The van der Waals surface area contributed by atoms with Crippen LogP contribution in [0.25, 0.3) is 5.57 Å². The molecule has 1 aliphatic heterocycles. The molecule has 1 N–H and O–H groups in total. The molecule has 0 fully saturated rings. The summed E-state index contributed by atoms with van der Waals surface area (Å²) in [6, 6.07) is 18.6. The summed E-state index contributed by atoms with van der Waals surface area (Å²) in [7, 11) is 0. The molecule has 0 bridgehead atoms. The maximum Gasteiger partial charge on any atom is 0.119 e. The molecule has 3 heteroatoms. The van der Waals surface area contributed by atoms with E-state index in [0.717, 1.165) is 23.2 Å². The highest BCUT2D eigenvalue weighted by Gasteiger charge is 2.30. The van der Waals surface area contributed by atoms with E-state index in [9.17, 15) is 5.21 Å². The van der Waals surface area contributed by atoms with Crippen LogP contribution in [0.3, 0.4) is 0 Å². The van der Waals surface area contributed by atoms with E-state index in [0.29, 0.717) is 17.7 Å². The Morgan fingerprint density at radius 3 is 2.38 bits per heavy atom. The number of benzene rings is 2. The summed E-state index contributed by atoms with van der Waals surface area (Å²) in [6.45, 7) is 7.58. The number of allylic oxidation sites excluding steroid dienone is 1. The molecule has 1 atom stereocenters. The van der Waals surface area contributed by atoms with Gasteiger partial charge in [-0.15, -0.1) is 0 Å². The van der Waals surface area contributed by atoms with Gasteiger partial charge in [-0.3, -0.25) is 0 Å². The summed E-state index contributed by atoms with van der Waals surface area (Å²) in [5.74, 6) is 0.496. The monoisotopic (exact) mass is 320 g/mol. The van der Waals surface area contributed by atoms with Crippen molar-refractivity contribution in [3.05, 3.63) is 77.5 Å². The molecule has 0 radical (unpaired) electrons. The normalized spacial score (nSPS) is 17.7. The predicted octanol–water partition coefficient (Wildman–Crippen LogP) is 4.94. The fourth-order valence-corrected chi connectivity index (χ4v) is 3.58. The molecule has 1 aliphatic rings. The van der Waals surface area contributed by atoms with Crippen molar-refractivity contribution in [3.8, 4) is 0 Å². The van der Waals surface area contributed by atoms with Gasteiger partial charge in [0.1, 0.15) is 5.71 Å². The van der Waals surface area contributed by atoms with E-state index >= 15 is 0 Å².